The molecule has 0 aliphatic heterocycles. The van der Waals surface area contributed by atoms with Crippen LogP contribution < -0.4 is 5.32 Å². The Morgan fingerprint density at radius 2 is 2.11 bits per heavy atom. The number of imidazole rings is 1. The van der Waals surface area contributed by atoms with Crippen molar-refractivity contribution in [3.8, 4) is 0 Å². The lowest BCUT2D eigenvalue weighted by atomic mass is 9.75. The number of hydrogen-bond acceptors (Lipinski definition) is 3. The van der Waals surface area contributed by atoms with Crippen molar-refractivity contribution in [3.63, 3.8) is 0 Å². The second-order valence-electron chi connectivity index (χ2n) is 6.35. The monoisotopic (exact) mass is 279 g/mol. The van der Waals surface area contributed by atoms with E-state index in [0.717, 1.165) is 17.9 Å². The lowest BCUT2D eigenvalue weighted by Gasteiger charge is -2.34. The second-order valence-corrected chi connectivity index (χ2v) is 7.22. The molecule has 1 atom stereocenters. The van der Waals surface area contributed by atoms with E-state index in [1.807, 2.05) is 0 Å². The number of thiazole rings is 1. The van der Waals surface area contributed by atoms with Crippen LogP contribution in [0, 0.1) is 11.3 Å². The molecule has 0 spiro atoms. The van der Waals surface area contributed by atoms with Gasteiger partial charge in [0.05, 0.1) is 5.69 Å². The van der Waals surface area contributed by atoms with Crippen LogP contribution in [0.1, 0.15) is 40.3 Å². The quantitative estimate of drug-likeness (QED) is 0.875. The van der Waals surface area contributed by atoms with E-state index in [0.29, 0.717) is 12.0 Å². The van der Waals surface area contributed by atoms with Crippen LogP contribution >= 0.6 is 11.3 Å². The van der Waals surface area contributed by atoms with Crippen LogP contribution in [0.2, 0.25) is 0 Å². The molecule has 2 aromatic heterocycles. The fraction of sp³-hybridized carbons (Fsp3) is 0.667. The summed E-state index contributed by atoms with van der Waals surface area (Å²) in [5, 5.41) is 5.66. The minimum atomic E-state index is 0.244. The van der Waals surface area contributed by atoms with Crippen LogP contribution in [0.5, 0.6) is 0 Å². The predicted octanol–water partition coefficient (Wildman–Crippen LogP) is 3.60. The molecule has 0 aromatic carbocycles. The van der Waals surface area contributed by atoms with Crippen molar-refractivity contribution in [2.24, 2.45) is 11.3 Å². The van der Waals surface area contributed by atoms with Crippen LogP contribution in [0.15, 0.2) is 17.8 Å². The topological polar surface area (TPSA) is 29.3 Å². The summed E-state index contributed by atoms with van der Waals surface area (Å²) in [4.78, 5) is 5.82. The largest absolute Gasteiger partial charge is 0.314 e. The number of aromatic nitrogens is 2. The molecule has 1 unspecified atom stereocenters. The first-order chi connectivity index (χ1) is 8.90. The average Bonchev–Trinajstić information content (AvgIpc) is 2.86. The molecule has 1 N–H and O–H groups in total. The maximum Gasteiger partial charge on any atom is 0.193 e. The van der Waals surface area contributed by atoms with Gasteiger partial charge in [0.1, 0.15) is 0 Å². The van der Waals surface area contributed by atoms with Gasteiger partial charge in [-0.05, 0) is 17.8 Å². The van der Waals surface area contributed by atoms with Gasteiger partial charge in [-0.25, -0.2) is 4.98 Å². The van der Waals surface area contributed by atoms with Crippen molar-refractivity contribution in [3.05, 3.63) is 23.5 Å². The Morgan fingerprint density at radius 1 is 1.37 bits per heavy atom. The van der Waals surface area contributed by atoms with E-state index in [1.54, 1.807) is 11.3 Å². The van der Waals surface area contributed by atoms with Gasteiger partial charge in [-0.15, -0.1) is 11.3 Å². The molecule has 3 nitrogen and oxygen atoms in total. The van der Waals surface area contributed by atoms with E-state index in [2.05, 4.69) is 62.1 Å². The summed E-state index contributed by atoms with van der Waals surface area (Å²) >= 11 is 1.70. The van der Waals surface area contributed by atoms with Gasteiger partial charge in [0.25, 0.3) is 0 Å². The zero-order valence-corrected chi connectivity index (χ0v) is 13.4. The minimum absolute atomic E-state index is 0.244. The van der Waals surface area contributed by atoms with Crippen molar-refractivity contribution in [2.75, 3.05) is 6.54 Å². The van der Waals surface area contributed by atoms with E-state index in [1.165, 1.54) is 5.69 Å². The maximum absolute atomic E-state index is 4.72. The van der Waals surface area contributed by atoms with Crippen molar-refractivity contribution < 1.29 is 0 Å². The van der Waals surface area contributed by atoms with Crippen LogP contribution in [0.4, 0.5) is 0 Å². The van der Waals surface area contributed by atoms with Gasteiger partial charge in [-0.2, -0.15) is 0 Å². The second kappa shape index (κ2) is 5.63. The third-order valence-corrected chi connectivity index (χ3v) is 4.81. The third-order valence-electron chi connectivity index (χ3n) is 4.04. The normalized spacial score (nSPS) is 15.5. The molecule has 0 saturated heterocycles. The maximum atomic E-state index is 4.72. The highest BCUT2D eigenvalue weighted by Gasteiger charge is 2.29. The van der Waals surface area contributed by atoms with Crippen molar-refractivity contribution in [1.82, 2.24) is 14.7 Å². The molecule has 2 rings (SSSR count). The standard InChI is InChI=1S/C15H25N3S/c1-11(2)15(5,10-16-12(3)4)8-13-9-18-6-7-19-14(18)17-13/h6-7,9,11-12,16H,8,10H2,1-5H3. The van der Waals surface area contributed by atoms with Gasteiger partial charge in [-0.3, -0.25) is 4.40 Å². The Morgan fingerprint density at radius 3 is 2.68 bits per heavy atom. The van der Waals surface area contributed by atoms with Crippen molar-refractivity contribution in [2.45, 2.75) is 47.1 Å². The molecule has 19 heavy (non-hydrogen) atoms. The molecular formula is C15H25N3S. The Bertz CT molecular complexity index is 498. The van der Waals surface area contributed by atoms with E-state index >= 15 is 0 Å². The Labute approximate surface area is 120 Å². The van der Waals surface area contributed by atoms with E-state index < -0.39 is 0 Å². The molecule has 0 saturated carbocycles. The fourth-order valence-electron chi connectivity index (χ4n) is 2.18. The van der Waals surface area contributed by atoms with Gasteiger partial charge in [0.15, 0.2) is 4.96 Å². The van der Waals surface area contributed by atoms with E-state index in [4.69, 9.17) is 4.98 Å². The van der Waals surface area contributed by atoms with E-state index in [-0.39, 0.29) is 5.41 Å². The number of nitrogens with zero attached hydrogens (tertiary/aromatic N) is 2. The minimum Gasteiger partial charge on any atom is -0.314 e. The first kappa shape index (κ1) is 14.5. The summed E-state index contributed by atoms with van der Waals surface area (Å²) in [7, 11) is 0. The van der Waals surface area contributed by atoms with Crippen LogP contribution in [-0.4, -0.2) is 22.0 Å². The molecule has 0 amide bonds. The molecule has 2 heterocycles. The molecule has 106 valence electrons. The molecule has 0 aliphatic carbocycles. The SMILES string of the molecule is CC(C)NCC(C)(Cc1cn2ccsc2n1)C(C)C. The molecule has 0 bridgehead atoms. The number of nitrogens with one attached hydrogen (secondary N) is 1. The Hall–Kier alpha value is -0.870. The summed E-state index contributed by atoms with van der Waals surface area (Å²) in [5.74, 6) is 0.624. The Balaban J connectivity index is 2.13. The van der Waals surface area contributed by atoms with Crippen LogP contribution in [0.3, 0.4) is 0 Å². The molecular weight excluding hydrogens is 254 g/mol. The highest BCUT2D eigenvalue weighted by Crippen LogP contribution is 2.31. The summed E-state index contributed by atoms with van der Waals surface area (Å²) in [5.41, 5.74) is 1.45. The highest BCUT2D eigenvalue weighted by atomic mass is 32.1. The van der Waals surface area contributed by atoms with Gasteiger partial charge >= 0.3 is 0 Å². The number of hydrogen-bond donors (Lipinski definition) is 1. The molecule has 4 heteroatoms. The molecule has 0 aliphatic rings. The smallest absolute Gasteiger partial charge is 0.193 e. The highest BCUT2D eigenvalue weighted by molar-refractivity contribution is 7.15. The van der Waals surface area contributed by atoms with Crippen LogP contribution in [0.25, 0.3) is 4.96 Å². The van der Waals surface area contributed by atoms with Gasteiger partial charge < -0.3 is 5.32 Å². The zero-order chi connectivity index (χ0) is 14.0. The van der Waals surface area contributed by atoms with Crippen molar-refractivity contribution >= 4 is 16.3 Å². The summed E-state index contributed by atoms with van der Waals surface area (Å²) in [6.07, 6.45) is 5.27. The van der Waals surface area contributed by atoms with E-state index in [9.17, 15) is 0 Å². The summed E-state index contributed by atoms with van der Waals surface area (Å²) in [6, 6.07) is 0.531. The van der Waals surface area contributed by atoms with Gasteiger partial charge in [0.2, 0.25) is 0 Å². The summed E-state index contributed by atoms with van der Waals surface area (Å²) < 4.78 is 2.12. The lowest BCUT2D eigenvalue weighted by Crippen LogP contribution is -2.40. The predicted molar refractivity (Wildman–Crippen MR) is 82.9 cm³/mol. The zero-order valence-electron chi connectivity index (χ0n) is 12.6. The number of fused-ring (bicyclic) bond motifs is 1. The first-order valence-corrected chi connectivity index (χ1v) is 7.93. The van der Waals surface area contributed by atoms with Crippen molar-refractivity contribution in [1.29, 1.82) is 0 Å². The van der Waals surface area contributed by atoms with Crippen LogP contribution in [-0.2, 0) is 6.42 Å². The molecule has 0 radical (unpaired) electrons. The molecule has 2 aromatic rings. The lowest BCUT2D eigenvalue weighted by molar-refractivity contribution is 0.200. The Kier molecular flexibility index (Phi) is 4.31. The van der Waals surface area contributed by atoms with Gasteiger partial charge in [-0.1, -0.05) is 34.6 Å². The summed E-state index contributed by atoms with van der Waals surface area (Å²) in [6.45, 7) is 12.4. The number of rotatable bonds is 6. The average molecular weight is 279 g/mol. The first-order valence-electron chi connectivity index (χ1n) is 7.05. The fourth-order valence-corrected chi connectivity index (χ4v) is 2.90. The molecule has 0 fully saturated rings. The third kappa shape index (κ3) is 3.37. The van der Waals surface area contributed by atoms with Gasteiger partial charge in [0, 0.05) is 30.4 Å².